The van der Waals surface area contributed by atoms with Gasteiger partial charge in [-0.3, -0.25) is 0 Å². The molecule has 5 heteroatoms. The van der Waals surface area contributed by atoms with Crippen molar-refractivity contribution in [2.45, 2.75) is 0 Å². The van der Waals surface area contributed by atoms with Gasteiger partial charge in [-0.05, 0) is 159 Å². The number of rotatable bonds is 5. The molecule has 102 heavy (non-hydrogen) atoms. The summed E-state index contributed by atoms with van der Waals surface area (Å²) >= 11 is 0. The Morgan fingerprint density at radius 3 is 1.03 bits per heavy atom. The number of benzene rings is 17. The first-order chi connectivity index (χ1) is 50.6. The van der Waals surface area contributed by atoms with Gasteiger partial charge in [0, 0.05) is 100 Å². The van der Waals surface area contributed by atoms with Gasteiger partial charge in [0.15, 0.2) is 0 Å². The van der Waals surface area contributed by atoms with Gasteiger partial charge < -0.3 is 22.8 Å². The van der Waals surface area contributed by atoms with Crippen molar-refractivity contribution in [3.63, 3.8) is 0 Å². The summed E-state index contributed by atoms with van der Waals surface area (Å²) in [4.78, 5) is 0. The van der Waals surface area contributed by atoms with E-state index in [1.54, 1.807) is 0 Å². The van der Waals surface area contributed by atoms with Gasteiger partial charge in [-0.25, -0.2) is 0 Å². The molecule has 0 aliphatic rings. The zero-order valence-corrected chi connectivity index (χ0v) is 56.2. The van der Waals surface area contributed by atoms with Crippen LogP contribution in [-0.4, -0.2) is 22.8 Å². The first kappa shape index (κ1) is 59.8. The predicted molar refractivity (Wildman–Crippen MR) is 435 cm³/mol. The monoisotopic (exact) mass is 1300 g/mol. The van der Waals surface area contributed by atoms with Crippen molar-refractivity contribution in [2.75, 3.05) is 0 Å². The molecule has 0 saturated carbocycles. The summed E-state index contributed by atoms with van der Waals surface area (Å²) in [7, 11) is 2.15. The molecule has 0 aliphatic heterocycles. The van der Waals surface area contributed by atoms with Crippen LogP contribution in [0, 0.1) is 0 Å². The van der Waals surface area contributed by atoms with Gasteiger partial charge in [0.05, 0.1) is 44.1 Å². The van der Waals surface area contributed by atoms with Crippen LogP contribution in [0.5, 0.6) is 0 Å². The maximum absolute atomic E-state index is 2.38. The minimum Gasteiger partial charge on any atom is -0.344 e. The fourth-order valence-electron chi connectivity index (χ4n) is 16.0. The molecule has 0 spiro atoms. The van der Waals surface area contributed by atoms with Crippen molar-refractivity contribution in [3.05, 3.63) is 388 Å². The van der Waals surface area contributed by atoms with E-state index in [2.05, 4.69) is 418 Å². The van der Waals surface area contributed by atoms with E-state index in [4.69, 9.17) is 0 Å². The van der Waals surface area contributed by atoms with Crippen molar-refractivity contribution in [1.29, 1.82) is 0 Å². The van der Waals surface area contributed by atoms with Gasteiger partial charge in [-0.15, -0.1) is 0 Å². The second kappa shape index (κ2) is 25.1. The molecule has 0 unspecified atom stereocenters. The van der Waals surface area contributed by atoms with Gasteiger partial charge >= 0.3 is 0 Å². The van der Waals surface area contributed by atoms with Crippen LogP contribution >= 0.6 is 0 Å². The minimum absolute atomic E-state index is 1.19. The molecule has 0 aliphatic carbocycles. The highest BCUT2D eigenvalue weighted by atomic mass is 15.0. The quantitative estimate of drug-likeness (QED) is 0.164. The van der Waals surface area contributed by atoms with Crippen molar-refractivity contribution in [3.8, 4) is 33.9 Å². The third-order valence-corrected chi connectivity index (χ3v) is 20.6. The standard InChI is InChI=1S/C31H22N2.3C22H15N/c1-32-28-13-7-5-11-24(28)26-19-21(15-17-29(26)32)22-16-18-31-27(20-22)25-12-6-8-14-30(25)33(31)23-9-3-2-4-10-23;1-2-10-18(11-3-1)23-21-13-7-6-12-19(21)20-14-16-8-4-5-9-17(16)15-22(20)23;1-2-9-17(10-3-1)23-21-13-7-6-12-19(21)20-15-14-16-8-4-5-11-18(16)22(20)23;1-2-9-17(10-3-1)23-20-13-7-6-12-19(20)22-18-11-5-4-8-16(18)14-15-21(22)23/h2-20H,1H3;3*1-15H. The normalized spacial score (nSPS) is 11.6. The number of para-hydroxylation sites is 9. The van der Waals surface area contributed by atoms with E-state index >= 15 is 0 Å². The molecule has 0 bridgehead atoms. The molecule has 480 valence electrons. The van der Waals surface area contributed by atoms with E-state index in [1.165, 1.54) is 175 Å². The summed E-state index contributed by atoms with van der Waals surface area (Å²) in [6.45, 7) is 0. The highest BCUT2D eigenvalue weighted by Crippen LogP contribution is 2.41. The molecule has 5 nitrogen and oxygen atoms in total. The van der Waals surface area contributed by atoms with Crippen LogP contribution in [-0.2, 0) is 7.05 Å². The maximum atomic E-state index is 2.38. The molecule has 17 aromatic carbocycles. The summed E-state index contributed by atoms with van der Waals surface area (Å²) in [5, 5.41) is 20.8. The average molecular weight is 1300 g/mol. The lowest BCUT2D eigenvalue weighted by Crippen LogP contribution is -1.93. The number of nitrogens with zero attached hydrogens (tertiary/aromatic N) is 5. The van der Waals surface area contributed by atoms with Crippen LogP contribution in [0.25, 0.3) is 175 Å². The Bertz CT molecular complexity index is 6860. The van der Waals surface area contributed by atoms with Crippen LogP contribution in [0.1, 0.15) is 0 Å². The topological polar surface area (TPSA) is 24.6 Å². The first-order valence-corrected chi connectivity index (χ1v) is 35.0. The van der Waals surface area contributed by atoms with E-state index in [9.17, 15) is 0 Å². The Morgan fingerprint density at radius 1 is 0.167 bits per heavy atom. The summed E-state index contributed by atoms with van der Waals surface area (Å²) in [5.41, 5.74) is 19.9. The highest BCUT2D eigenvalue weighted by Gasteiger charge is 2.19. The number of hydrogen-bond donors (Lipinski definition) is 0. The molecule has 0 amide bonds. The van der Waals surface area contributed by atoms with Crippen LogP contribution in [0.4, 0.5) is 0 Å². The Balaban J connectivity index is 0.0000000954. The fourth-order valence-corrected chi connectivity index (χ4v) is 16.0. The smallest absolute Gasteiger partial charge is 0.0619 e. The van der Waals surface area contributed by atoms with E-state index in [-0.39, 0.29) is 0 Å². The van der Waals surface area contributed by atoms with Crippen LogP contribution in [0.2, 0.25) is 0 Å². The fraction of sp³-hybridized carbons (Fsp3) is 0.0103. The van der Waals surface area contributed by atoms with Crippen molar-refractivity contribution >= 4 is 141 Å². The second-order valence-electron chi connectivity index (χ2n) is 26.4. The molecule has 0 N–H and O–H groups in total. The van der Waals surface area contributed by atoms with E-state index in [0.29, 0.717) is 0 Å². The SMILES string of the molecule is Cn1c2ccccc2c2cc(-c3ccc4c(c3)c3ccccc3n4-c3ccccc3)ccc21.c1ccc(-n2c3ccccc3c3c4ccccc4ccc32)cc1.c1ccc(-n2c3ccccc3c3cc4ccccc4cc32)cc1.c1ccc(-n2c3ccccc3c3ccc4ccccc4c32)cc1. The van der Waals surface area contributed by atoms with Crippen LogP contribution in [0.15, 0.2) is 388 Å². The summed E-state index contributed by atoms with van der Waals surface area (Å²) in [5.74, 6) is 0. The van der Waals surface area contributed by atoms with Crippen molar-refractivity contribution < 1.29 is 0 Å². The molecule has 5 aromatic heterocycles. The maximum Gasteiger partial charge on any atom is 0.0619 e. The second-order valence-corrected chi connectivity index (χ2v) is 26.4. The Hall–Kier alpha value is -13.5. The number of fused-ring (bicyclic) bond motifs is 20. The van der Waals surface area contributed by atoms with Gasteiger partial charge in [0.25, 0.3) is 0 Å². The summed E-state index contributed by atoms with van der Waals surface area (Å²) < 4.78 is 11.7. The van der Waals surface area contributed by atoms with Crippen molar-refractivity contribution in [1.82, 2.24) is 22.8 Å². The van der Waals surface area contributed by atoms with Gasteiger partial charge in [-0.1, -0.05) is 267 Å². The largest absolute Gasteiger partial charge is 0.344 e. The lowest BCUT2D eigenvalue weighted by Gasteiger charge is -2.09. The molecular weight excluding hydrogens is 1240 g/mol. The predicted octanol–water partition coefficient (Wildman–Crippen LogP) is 25.9. The van der Waals surface area contributed by atoms with Gasteiger partial charge in [-0.2, -0.15) is 0 Å². The average Bonchev–Trinajstić information content (AvgIpc) is 1.60. The number of hydrogen-bond acceptors (Lipinski definition) is 0. The molecule has 0 radical (unpaired) electrons. The van der Waals surface area contributed by atoms with E-state index < -0.39 is 0 Å². The Kier molecular flexibility index (Phi) is 14.7. The Labute approximate surface area is 589 Å². The van der Waals surface area contributed by atoms with E-state index in [1.807, 2.05) is 0 Å². The van der Waals surface area contributed by atoms with Crippen LogP contribution in [0.3, 0.4) is 0 Å². The number of aryl methyl sites for hydroxylation is 1. The molecule has 0 fully saturated rings. The molecule has 0 saturated heterocycles. The lowest BCUT2D eigenvalue weighted by molar-refractivity contribution is 1.01. The molecular formula is C97H67N5. The highest BCUT2D eigenvalue weighted by molar-refractivity contribution is 6.22. The van der Waals surface area contributed by atoms with Crippen molar-refractivity contribution in [2.24, 2.45) is 7.05 Å². The molecule has 0 atom stereocenters. The van der Waals surface area contributed by atoms with E-state index in [0.717, 1.165) is 0 Å². The summed E-state index contributed by atoms with van der Waals surface area (Å²) in [6, 6.07) is 139. The zero-order valence-electron chi connectivity index (χ0n) is 56.2. The molecule has 22 rings (SSSR count). The lowest BCUT2D eigenvalue weighted by atomic mass is 10.0. The molecule has 22 aromatic rings. The third-order valence-electron chi connectivity index (χ3n) is 20.6. The van der Waals surface area contributed by atoms with Gasteiger partial charge in [0.1, 0.15) is 0 Å². The van der Waals surface area contributed by atoms with Crippen LogP contribution < -0.4 is 0 Å². The Morgan fingerprint density at radius 2 is 0.480 bits per heavy atom. The first-order valence-electron chi connectivity index (χ1n) is 35.0. The third kappa shape index (κ3) is 10.1. The minimum atomic E-state index is 1.19. The molecule has 5 heterocycles. The number of aromatic nitrogens is 5. The van der Waals surface area contributed by atoms with Gasteiger partial charge in [0.2, 0.25) is 0 Å². The summed E-state index contributed by atoms with van der Waals surface area (Å²) in [6.07, 6.45) is 0. The zero-order chi connectivity index (χ0) is 67.6.